The van der Waals surface area contributed by atoms with Crippen molar-refractivity contribution in [3.05, 3.63) is 0 Å². The lowest BCUT2D eigenvalue weighted by atomic mass is 9.75. The van der Waals surface area contributed by atoms with Gasteiger partial charge in [-0.25, -0.2) is 0 Å². The summed E-state index contributed by atoms with van der Waals surface area (Å²) in [7, 11) is -2.44. The van der Waals surface area contributed by atoms with E-state index in [1.165, 1.54) is 12.8 Å². The van der Waals surface area contributed by atoms with Crippen LogP contribution < -0.4 is 0 Å². The van der Waals surface area contributed by atoms with Gasteiger partial charge in [0, 0.05) is 15.2 Å². The first-order valence-corrected chi connectivity index (χ1v) is 20.3. The first-order chi connectivity index (χ1) is 13.2. The predicted octanol–water partition coefficient (Wildman–Crippen LogP) is 8.55. The first kappa shape index (κ1) is 21.7. The molecule has 8 atom stereocenters. The van der Waals surface area contributed by atoms with Gasteiger partial charge in [-0.05, 0) is 78.2 Å². The van der Waals surface area contributed by atoms with E-state index in [-0.39, 0.29) is 0 Å². The molecule has 4 aliphatic carbocycles. The molecular formula is C26H50Si2. The summed E-state index contributed by atoms with van der Waals surface area (Å²) in [6.07, 6.45) is 15.7. The van der Waals surface area contributed by atoms with Crippen molar-refractivity contribution in [3.8, 4) is 0 Å². The molecule has 0 amide bonds. The molecule has 28 heavy (non-hydrogen) atoms. The maximum atomic E-state index is 2.92. The number of fused-ring (bicyclic) bond motifs is 2. The van der Waals surface area contributed by atoms with Gasteiger partial charge in [0.15, 0.2) is 0 Å². The second kappa shape index (κ2) is 7.84. The Balaban J connectivity index is 1.61. The quantitative estimate of drug-likeness (QED) is 0.401. The van der Waals surface area contributed by atoms with Crippen molar-refractivity contribution in [1.29, 1.82) is 0 Å². The van der Waals surface area contributed by atoms with E-state index >= 15 is 0 Å². The van der Waals surface area contributed by atoms with Crippen LogP contribution in [0.3, 0.4) is 0 Å². The Morgan fingerprint density at radius 1 is 0.607 bits per heavy atom. The molecule has 4 rings (SSSR count). The molecule has 4 saturated carbocycles. The average molecular weight is 419 g/mol. The Hall–Kier alpha value is 0.434. The van der Waals surface area contributed by atoms with Crippen LogP contribution in [0.1, 0.15) is 85.0 Å². The molecule has 8 unspecified atom stereocenters. The van der Waals surface area contributed by atoms with E-state index in [9.17, 15) is 0 Å². The fraction of sp³-hybridized carbons (Fsp3) is 1.00. The van der Waals surface area contributed by atoms with E-state index in [4.69, 9.17) is 0 Å². The highest BCUT2D eigenvalue weighted by atomic mass is 29.3. The van der Waals surface area contributed by atoms with Crippen molar-refractivity contribution in [3.63, 3.8) is 0 Å². The van der Waals surface area contributed by atoms with Gasteiger partial charge in [0.05, 0.1) is 0 Å². The van der Waals surface area contributed by atoms with Crippen LogP contribution in [0.4, 0.5) is 0 Å². The summed E-state index contributed by atoms with van der Waals surface area (Å²) in [5.41, 5.74) is 2.32. The van der Waals surface area contributed by atoms with Gasteiger partial charge >= 0.3 is 0 Å². The third kappa shape index (κ3) is 3.35. The van der Waals surface area contributed by atoms with E-state index in [2.05, 4.69) is 47.0 Å². The summed E-state index contributed by atoms with van der Waals surface area (Å²) >= 11 is 0. The zero-order valence-corrected chi connectivity index (χ0v) is 22.3. The number of hydrogen-bond donors (Lipinski definition) is 0. The molecule has 0 aromatic rings. The van der Waals surface area contributed by atoms with Gasteiger partial charge in [0.2, 0.25) is 0 Å². The zero-order chi connectivity index (χ0) is 20.3. The minimum atomic E-state index is -1.23. The Kier molecular flexibility index (Phi) is 6.07. The van der Waals surface area contributed by atoms with E-state index in [0.29, 0.717) is 0 Å². The fourth-order valence-corrected chi connectivity index (χ4v) is 23.8. The number of rotatable bonds is 4. The Bertz CT molecular complexity index is 551. The monoisotopic (exact) mass is 418 g/mol. The fourth-order valence-electron chi connectivity index (χ4n) is 9.39. The highest BCUT2D eigenvalue weighted by Crippen LogP contribution is 2.63. The van der Waals surface area contributed by atoms with E-state index < -0.39 is 15.2 Å². The third-order valence-corrected chi connectivity index (χ3v) is 32.1. The van der Waals surface area contributed by atoms with Crippen LogP contribution in [0.25, 0.3) is 0 Å². The van der Waals surface area contributed by atoms with Gasteiger partial charge in [-0.15, -0.1) is 0 Å². The van der Waals surface area contributed by atoms with Gasteiger partial charge in [-0.1, -0.05) is 85.5 Å². The molecule has 162 valence electrons. The minimum absolute atomic E-state index is 0.916. The molecule has 0 aromatic carbocycles. The highest BCUT2D eigenvalue weighted by molar-refractivity contribution is 7.41. The molecule has 0 aromatic heterocycles. The van der Waals surface area contributed by atoms with Crippen molar-refractivity contribution in [2.75, 3.05) is 0 Å². The van der Waals surface area contributed by atoms with E-state index in [1.807, 2.05) is 0 Å². The first-order valence-electron chi connectivity index (χ1n) is 13.2. The van der Waals surface area contributed by atoms with Gasteiger partial charge in [0.1, 0.15) is 0 Å². The van der Waals surface area contributed by atoms with Crippen LogP contribution in [-0.4, -0.2) is 15.2 Å². The molecule has 4 fully saturated rings. The molecule has 0 aliphatic heterocycles. The van der Waals surface area contributed by atoms with Crippen molar-refractivity contribution in [1.82, 2.24) is 0 Å². The summed E-state index contributed by atoms with van der Waals surface area (Å²) < 4.78 is 0. The zero-order valence-electron chi connectivity index (χ0n) is 20.3. The standard InChI is InChI=1S/C26H50Si2/c1-18(2)24-17-26(23-15-11-9-13-21(23)24)28(6,7)27(4,5)25-16-19(3)20-12-8-10-14-22(20)25/h18-26H,8-17H2,1-7H3. The maximum absolute atomic E-state index is 2.92. The van der Waals surface area contributed by atoms with Crippen LogP contribution >= 0.6 is 0 Å². The van der Waals surface area contributed by atoms with Crippen LogP contribution in [0.5, 0.6) is 0 Å². The lowest BCUT2D eigenvalue weighted by Crippen LogP contribution is -2.62. The summed E-state index contributed by atoms with van der Waals surface area (Å²) in [6.45, 7) is 19.4. The van der Waals surface area contributed by atoms with Crippen LogP contribution in [0.2, 0.25) is 37.3 Å². The van der Waals surface area contributed by atoms with Gasteiger partial charge in [-0.2, -0.15) is 0 Å². The molecule has 0 radical (unpaired) electrons. The molecule has 0 N–H and O–H groups in total. The van der Waals surface area contributed by atoms with Gasteiger partial charge in [0.25, 0.3) is 0 Å². The number of hydrogen-bond acceptors (Lipinski definition) is 0. The minimum Gasteiger partial charge on any atom is -0.0711 e. The van der Waals surface area contributed by atoms with Crippen molar-refractivity contribution in [2.24, 2.45) is 41.4 Å². The van der Waals surface area contributed by atoms with E-state index in [0.717, 1.165) is 52.5 Å². The molecule has 0 saturated heterocycles. The highest BCUT2D eigenvalue weighted by Gasteiger charge is 2.60. The average Bonchev–Trinajstić information content (AvgIpc) is 3.21. The molecule has 0 bridgehead atoms. The second-order valence-corrected chi connectivity index (χ2v) is 29.3. The molecule has 0 spiro atoms. The van der Waals surface area contributed by atoms with Crippen molar-refractivity contribution < 1.29 is 0 Å². The Morgan fingerprint density at radius 3 is 1.57 bits per heavy atom. The molecular weight excluding hydrogens is 368 g/mol. The van der Waals surface area contributed by atoms with Crippen LogP contribution in [0, 0.1) is 41.4 Å². The molecule has 0 nitrogen and oxygen atoms in total. The molecule has 4 aliphatic rings. The molecule has 2 heteroatoms. The van der Waals surface area contributed by atoms with Crippen molar-refractivity contribution >= 4 is 15.2 Å². The topological polar surface area (TPSA) is 0 Å². The largest absolute Gasteiger partial charge is 0.0711 e. The predicted molar refractivity (Wildman–Crippen MR) is 130 cm³/mol. The maximum Gasteiger partial charge on any atom is 0.0449 e. The van der Waals surface area contributed by atoms with Crippen molar-refractivity contribution in [2.45, 2.75) is 122 Å². The van der Waals surface area contributed by atoms with Gasteiger partial charge in [-0.3, -0.25) is 0 Å². The Labute approximate surface area is 178 Å². The lowest BCUT2D eigenvalue weighted by Gasteiger charge is -2.51. The third-order valence-electron chi connectivity index (χ3n) is 11.6. The summed E-state index contributed by atoms with van der Waals surface area (Å²) in [5, 5.41) is 0. The van der Waals surface area contributed by atoms with Crippen LogP contribution in [-0.2, 0) is 0 Å². The Morgan fingerprint density at radius 2 is 1.04 bits per heavy atom. The van der Waals surface area contributed by atoms with E-state index in [1.54, 1.807) is 51.4 Å². The normalized spacial score (nSPS) is 44.6. The summed E-state index contributed by atoms with van der Waals surface area (Å²) in [6, 6.07) is 0. The smallest absolute Gasteiger partial charge is 0.0449 e. The second-order valence-electron chi connectivity index (χ2n) is 13.2. The summed E-state index contributed by atoms with van der Waals surface area (Å²) in [4.78, 5) is 0. The SMILES string of the molecule is CC(C)C1CC([Si](C)(C)[Si](C)(C)C2CC(C)C3CCCCC32)C2CCCCC12. The van der Waals surface area contributed by atoms with Gasteiger partial charge < -0.3 is 0 Å². The van der Waals surface area contributed by atoms with Crippen LogP contribution in [0.15, 0.2) is 0 Å². The summed E-state index contributed by atoms with van der Waals surface area (Å²) in [5.74, 6) is 7.44. The lowest BCUT2D eigenvalue weighted by molar-refractivity contribution is 0.193. The molecule has 0 heterocycles.